The number of halogens is 1. The summed E-state index contributed by atoms with van der Waals surface area (Å²) in [6, 6.07) is 9.95. The number of pyridine rings is 1. The van der Waals surface area contributed by atoms with Crippen LogP contribution in [0.5, 0.6) is 0 Å². The summed E-state index contributed by atoms with van der Waals surface area (Å²) >= 11 is 0. The first-order valence-corrected chi connectivity index (χ1v) is 8.18. The Kier molecular flexibility index (Phi) is 4.90. The normalized spacial score (nSPS) is 15.3. The van der Waals surface area contributed by atoms with Crippen LogP contribution >= 0.6 is 0 Å². The van der Waals surface area contributed by atoms with Gasteiger partial charge in [-0.15, -0.1) is 0 Å². The Morgan fingerprint density at radius 1 is 1.25 bits per heavy atom. The molecule has 1 aromatic heterocycles. The molecule has 0 aliphatic heterocycles. The molecule has 1 atom stereocenters. The van der Waals surface area contributed by atoms with Crippen molar-refractivity contribution in [2.75, 3.05) is 14.1 Å². The molecule has 1 fully saturated rings. The highest BCUT2D eigenvalue weighted by Crippen LogP contribution is 2.33. The summed E-state index contributed by atoms with van der Waals surface area (Å²) in [5, 5.41) is 0. The number of hydrogen-bond donors (Lipinski definition) is 0. The van der Waals surface area contributed by atoms with Crippen LogP contribution in [-0.2, 0) is 11.3 Å². The highest BCUT2D eigenvalue weighted by molar-refractivity contribution is 5.84. The summed E-state index contributed by atoms with van der Waals surface area (Å²) in [4.78, 5) is 21.0. The van der Waals surface area contributed by atoms with Crippen LogP contribution in [0, 0.1) is 5.82 Å². The van der Waals surface area contributed by atoms with Crippen LogP contribution in [0.4, 0.5) is 4.39 Å². The van der Waals surface area contributed by atoms with Gasteiger partial charge in [0.15, 0.2) is 0 Å². The van der Waals surface area contributed by atoms with Crippen LogP contribution < -0.4 is 0 Å². The molecule has 0 saturated heterocycles. The molecule has 1 aliphatic rings. The average Bonchev–Trinajstić information content (AvgIpc) is 3.40. The molecule has 5 heteroatoms. The van der Waals surface area contributed by atoms with E-state index in [1.54, 1.807) is 35.5 Å². The van der Waals surface area contributed by atoms with Gasteiger partial charge >= 0.3 is 0 Å². The minimum atomic E-state index is -0.622. The number of carbonyl (C=O) groups is 1. The molecule has 126 valence electrons. The molecular formula is C19H22FN3O. The Hall–Kier alpha value is -2.27. The van der Waals surface area contributed by atoms with Crippen molar-refractivity contribution in [3.05, 3.63) is 65.7 Å². The predicted octanol–water partition coefficient (Wildman–Crippen LogP) is 3.01. The van der Waals surface area contributed by atoms with Gasteiger partial charge in [0, 0.05) is 30.5 Å². The lowest BCUT2D eigenvalue weighted by Crippen LogP contribution is -2.41. The Bertz CT molecular complexity index is 701. The number of amides is 1. The summed E-state index contributed by atoms with van der Waals surface area (Å²) < 4.78 is 14.3. The molecule has 0 radical (unpaired) electrons. The van der Waals surface area contributed by atoms with Crippen molar-refractivity contribution in [3.63, 3.8) is 0 Å². The molecule has 1 aliphatic carbocycles. The van der Waals surface area contributed by atoms with Crippen molar-refractivity contribution in [2.24, 2.45) is 0 Å². The summed E-state index contributed by atoms with van der Waals surface area (Å²) in [5.41, 5.74) is 1.41. The lowest BCUT2D eigenvalue weighted by molar-refractivity contribution is -0.137. The van der Waals surface area contributed by atoms with E-state index in [9.17, 15) is 9.18 Å². The first-order valence-electron chi connectivity index (χ1n) is 8.18. The van der Waals surface area contributed by atoms with Crippen molar-refractivity contribution in [1.82, 2.24) is 14.8 Å². The molecule has 0 unspecified atom stereocenters. The molecule has 1 amide bonds. The zero-order valence-electron chi connectivity index (χ0n) is 14.0. The van der Waals surface area contributed by atoms with Gasteiger partial charge < -0.3 is 4.90 Å². The third-order valence-corrected chi connectivity index (χ3v) is 4.30. The summed E-state index contributed by atoms with van der Waals surface area (Å²) in [5.74, 6) is -0.405. The highest BCUT2D eigenvalue weighted by atomic mass is 19.1. The van der Waals surface area contributed by atoms with Gasteiger partial charge in [-0.05, 0) is 44.6 Å². The van der Waals surface area contributed by atoms with Crippen molar-refractivity contribution in [1.29, 1.82) is 0 Å². The SMILES string of the molecule is CN(C)[C@H](C(=O)N(Cc1cccnc1)C1CC1)c1ccccc1F. The van der Waals surface area contributed by atoms with Crippen molar-refractivity contribution in [2.45, 2.75) is 31.5 Å². The van der Waals surface area contributed by atoms with Crippen LogP contribution in [0.25, 0.3) is 0 Å². The van der Waals surface area contributed by atoms with E-state index in [-0.39, 0.29) is 17.8 Å². The molecule has 1 aromatic carbocycles. The highest BCUT2D eigenvalue weighted by Gasteiger charge is 2.38. The van der Waals surface area contributed by atoms with Crippen molar-refractivity contribution >= 4 is 5.91 Å². The molecule has 1 heterocycles. The summed E-state index contributed by atoms with van der Waals surface area (Å²) in [6.45, 7) is 0.510. The van der Waals surface area contributed by atoms with E-state index in [0.717, 1.165) is 18.4 Å². The molecule has 24 heavy (non-hydrogen) atoms. The van der Waals surface area contributed by atoms with Crippen LogP contribution in [0.1, 0.15) is 30.0 Å². The van der Waals surface area contributed by atoms with Crippen LogP contribution in [-0.4, -0.2) is 40.8 Å². The lowest BCUT2D eigenvalue weighted by Gasteiger charge is -2.31. The fourth-order valence-corrected chi connectivity index (χ4v) is 2.95. The number of nitrogens with zero attached hydrogens (tertiary/aromatic N) is 3. The molecule has 0 bridgehead atoms. The van der Waals surface area contributed by atoms with Gasteiger partial charge in [0.1, 0.15) is 11.9 Å². The average molecular weight is 327 g/mol. The zero-order chi connectivity index (χ0) is 17.1. The molecular weight excluding hydrogens is 305 g/mol. The second kappa shape index (κ2) is 7.09. The Balaban J connectivity index is 1.88. The van der Waals surface area contributed by atoms with E-state index in [1.807, 2.05) is 31.1 Å². The first-order chi connectivity index (χ1) is 11.6. The smallest absolute Gasteiger partial charge is 0.245 e. The van der Waals surface area contributed by atoms with Crippen LogP contribution in [0.3, 0.4) is 0 Å². The maximum absolute atomic E-state index is 14.3. The van der Waals surface area contributed by atoms with Gasteiger partial charge in [-0.25, -0.2) is 4.39 Å². The number of benzene rings is 1. The molecule has 4 nitrogen and oxygen atoms in total. The third-order valence-electron chi connectivity index (χ3n) is 4.30. The van der Waals surface area contributed by atoms with Gasteiger partial charge in [0.05, 0.1) is 0 Å². The zero-order valence-corrected chi connectivity index (χ0v) is 14.0. The van der Waals surface area contributed by atoms with Crippen LogP contribution in [0.2, 0.25) is 0 Å². The molecule has 0 N–H and O–H groups in total. The molecule has 0 spiro atoms. The lowest BCUT2D eigenvalue weighted by atomic mass is 10.0. The van der Waals surface area contributed by atoms with E-state index in [1.165, 1.54) is 6.07 Å². The molecule has 1 saturated carbocycles. The number of hydrogen-bond acceptors (Lipinski definition) is 3. The topological polar surface area (TPSA) is 36.4 Å². The van der Waals surface area contributed by atoms with Crippen molar-refractivity contribution in [3.8, 4) is 0 Å². The number of aromatic nitrogens is 1. The van der Waals surface area contributed by atoms with Crippen LogP contribution in [0.15, 0.2) is 48.8 Å². The largest absolute Gasteiger partial charge is 0.334 e. The van der Waals surface area contributed by atoms with E-state index in [0.29, 0.717) is 12.1 Å². The Morgan fingerprint density at radius 2 is 2.00 bits per heavy atom. The fourth-order valence-electron chi connectivity index (χ4n) is 2.95. The summed E-state index contributed by atoms with van der Waals surface area (Å²) in [6.07, 6.45) is 5.50. The standard InChI is InChI=1S/C19H22FN3O/c1-22(2)18(16-7-3-4-8-17(16)20)19(24)23(15-9-10-15)13-14-6-5-11-21-12-14/h3-8,11-12,15,18H,9-10,13H2,1-2H3/t18-/m0/s1. The Morgan fingerprint density at radius 3 is 2.58 bits per heavy atom. The van der Waals surface area contributed by atoms with E-state index < -0.39 is 6.04 Å². The molecule has 3 rings (SSSR count). The Labute approximate surface area is 141 Å². The first kappa shape index (κ1) is 16.6. The van der Waals surface area contributed by atoms with Gasteiger partial charge in [0.25, 0.3) is 0 Å². The van der Waals surface area contributed by atoms with Gasteiger partial charge in [-0.1, -0.05) is 24.3 Å². The monoisotopic (exact) mass is 327 g/mol. The molecule has 2 aromatic rings. The van der Waals surface area contributed by atoms with E-state index >= 15 is 0 Å². The quantitative estimate of drug-likeness (QED) is 0.818. The van der Waals surface area contributed by atoms with Gasteiger partial charge in [0.2, 0.25) is 5.91 Å². The minimum Gasteiger partial charge on any atom is -0.334 e. The van der Waals surface area contributed by atoms with Gasteiger partial charge in [-0.2, -0.15) is 0 Å². The number of likely N-dealkylation sites (N-methyl/N-ethyl adjacent to an activating group) is 1. The van der Waals surface area contributed by atoms with E-state index in [2.05, 4.69) is 4.98 Å². The fraction of sp³-hybridized carbons (Fsp3) is 0.368. The van der Waals surface area contributed by atoms with E-state index in [4.69, 9.17) is 0 Å². The maximum Gasteiger partial charge on any atom is 0.245 e. The second-order valence-corrected chi connectivity index (χ2v) is 6.45. The van der Waals surface area contributed by atoms with Crippen molar-refractivity contribution < 1.29 is 9.18 Å². The summed E-state index contributed by atoms with van der Waals surface area (Å²) in [7, 11) is 3.62. The predicted molar refractivity (Wildman–Crippen MR) is 90.6 cm³/mol. The maximum atomic E-state index is 14.3. The third kappa shape index (κ3) is 3.62. The second-order valence-electron chi connectivity index (χ2n) is 6.45. The minimum absolute atomic E-state index is 0.0588. The number of rotatable bonds is 6. The number of carbonyl (C=O) groups excluding carboxylic acids is 1. The van der Waals surface area contributed by atoms with Gasteiger partial charge in [-0.3, -0.25) is 14.7 Å².